The molecule has 0 atom stereocenters. The third kappa shape index (κ3) is 12.0. The topological polar surface area (TPSA) is 167 Å². The molecule has 0 unspecified atom stereocenters. The molecule has 0 radical (unpaired) electrons. The summed E-state index contributed by atoms with van der Waals surface area (Å²) in [4.78, 5) is 54.6. The summed E-state index contributed by atoms with van der Waals surface area (Å²) in [6.45, 7) is 3.60. The van der Waals surface area contributed by atoms with Crippen molar-refractivity contribution >= 4 is 60.9 Å². The van der Waals surface area contributed by atoms with Gasteiger partial charge in [0.1, 0.15) is 16.9 Å². The van der Waals surface area contributed by atoms with E-state index in [0.717, 1.165) is 12.2 Å². The molecule has 0 aliphatic rings. The van der Waals surface area contributed by atoms with Crippen LogP contribution in [-0.2, 0) is 18.9 Å². The Balaban J connectivity index is 1.53. The first-order valence-electron chi connectivity index (χ1n) is 16.5. The number of thioether (sulfide) groups is 2. The third-order valence-electron chi connectivity index (χ3n) is 7.00. The van der Waals surface area contributed by atoms with Crippen LogP contribution in [0.3, 0.4) is 0 Å². The molecule has 0 bridgehead atoms. The van der Waals surface area contributed by atoms with Gasteiger partial charge in [0.25, 0.3) is 0 Å². The van der Waals surface area contributed by atoms with Crippen molar-refractivity contribution in [2.45, 2.75) is 24.2 Å². The Labute approximate surface area is 329 Å². The van der Waals surface area contributed by atoms with E-state index in [4.69, 9.17) is 28.4 Å². The normalized spacial score (nSPS) is 11.3. The first-order valence-corrected chi connectivity index (χ1v) is 18.9. The van der Waals surface area contributed by atoms with Crippen LogP contribution >= 0.6 is 23.5 Å². The molecule has 0 aliphatic carbocycles. The second-order valence-electron chi connectivity index (χ2n) is 10.6. The molecule has 0 aliphatic heterocycles. The van der Waals surface area contributed by atoms with E-state index in [-0.39, 0.29) is 59.1 Å². The molecule has 292 valence electrons. The molecule has 2 aromatic carbocycles. The van der Waals surface area contributed by atoms with Crippen LogP contribution in [0.2, 0.25) is 0 Å². The van der Waals surface area contributed by atoms with Crippen molar-refractivity contribution in [2.24, 2.45) is 0 Å². The van der Waals surface area contributed by atoms with E-state index in [0.29, 0.717) is 21.4 Å². The minimum absolute atomic E-state index is 0.00718. The molecule has 0 saturated heterocycles. The number of carbonyl (C=O) groups is 3. The molecule has 4 rings (SSSR count). The number of carbonyl (C=O) groups excluding carboxylic acids is 3. The summed E-state index contributed by atoms with van der Waals surface area (Å²) in [5.41, 5.74) is 0.988. The lowest BCUT2D eigenvalue weighted by Crippen LogP contribution is -2.09. The number of allylic oxidation sites excluding steroid dienone is 3. The molecule has 0 fully saturated rings. The van der Waals surface area contributed by atoms with Gasteiger partial charge in [0.05, 0.1) is 27.4 Å². The minimum Gasteiger partial charge on any atom is -0.505 e. The fourth-order valence-electron chi connectivity index (χ4n) is 4.47. The number of aromatic nitrogens is 4. The monoisotopic (exact) mass is 808 g/mol. The summed E-state index contributed by atoms with van der Waals surface area (Å²) in [5.74, 6) is -1.65. The van der Waals surface area contributed by atoms with Crippen molar-refractivity contribution in [1.29, 1.82) is 0 Å². The zero-order valence-corrected chi connectivity index (χ0v) is 32.6. The van der Waals surface area contributed by atoms with Gasteiger partial charge in [0, 0.05) is 18.5 Å². The Hall–Kier alpha value is -5.95. The molecule has 0 N–H and O–H groups in total. The van der Waals surface area contributed by atoms with Gasteiger partial charge < -0.3 is 33.1 Å². The van der Waals surface area contributed by atoms with Crippen LogP contribution in [0.5, 0.6) is 34.8 Å². The molecule has 14 nitrogen and oxygen atoms in total. The second kappa shape index (κ2) is 21.2. The molecule has 2 heterocycles. The number of nitrogens with zero attached hydrogens (tertiary/aromatic N) is 4. The predicted octanol–water partition coefficient (Wildman–Crippen LogP) is 7.79. The van der Waals surface area contributed by atoms with Gasteiger partial charge in [-0.1, -0.05) is 47.8 Å². The molecular formula is C37H35BF2N4O10S2. The number of hydrogen-bond acceptors (Lipinski definition) is 16. The van der Waals surface area contributed by atoms with Crippen LogP contribution in [-0.4, -0.2) is 85.1 Å². The smallest absolute Gasteiger partial charge is 0.505 e. The van der Waals surface area contributed by atoms with E-state index in [2.05, 4.69) is 24.6 Å². The first kappa shape index (κ1) is 42.8. The Morgan fingerprint density at radius 1 is 0.714 bits per heavy atom. The van der Waals surface area contributed by atoms with Crippen LogP contribution < -0.4 is 18.9 Å². The molecule has 2 aromatic heterocycles. The van der Waals surface area contributed by atoms with Crippen molar-refractivity contribution in [1.82, 2.24) is 19.9 Å². The van der Waals surface area contributed by atoms with E-state index in [1.807, 2.05) is 0 Å². The van der Waals surface area contributed by atoms with E-state index in [9.17, 15) is 23.0 Å². The van der Waals surface area contributed by atoms with Crippen molar-refractivity contribution in [3.05, 3.63) is 95.0 Å². The number of halogens is 2. The lowest BCUT2D eigenvalue weighted by atomic mass is 10.1. The van der Waals surface area contributed by atoms with Crippen molar-refractivity contribution in [2.75, 3.05) is 39.9 Å². The maximum Gasteiger partial charge on any atom is 0.796 e. The van der Waals surface area contributed by atoms with Crippen molar-refractivity contribution in [3.63, 3.8) is 0 Å². The molecule has 0 saturated carbocycles. The number of rotatable bonds is 19. The van der Waals surface area contributed by atoms with Gasteiger partial charge >= 0.3 is 19.4 Å². The highest BCUT2D eigenvalue weighted by Crippen LogP contribution is 2.35. The van der Waals surface area contributed by atoms with Gasteiger partial charge in [-0.15, -0.1) is 0 Å². The van der Waals surface area contributed by atoms with Gasteiger partial charge in [-0.3, -0.25) is 4.79 Å². The zero-order chi connectivity index (χ0) is 40.6. The summed E-state index contributed by atoms with van der Waals surface area (Å²) in [6.07, 6.45) is 12.2. The maximum absolute atomic E-state index is 13.3. The molecular weight excluding hydrogens is 773 g/mol. The third-order valence-corrected chi connectivity index (χ3v) is 8.12. The number of esters is 2. The molecule has 4 aromatic rings. The Morgan fingerprint density at radius 2 is 1.18 bits per heavy atom. The molecule has 0 spiro atoms. The minimum atomic E-state index is -3.22. The second-order valence-corrected chi connectivity index (χ2v) is 12.2. The quantitative estimate of drug-likeness (QED) is 0.0171. The van der Waals surface area contributed by atoms with Crippen LogP contribution in [0.25, 0.3) is 12.2 Å². The van der Waals surface area contributed by atoms with Gasteiger partial charge in [0.15, 0.2) is 39.1 Å². The predicted molar refractivity (Wildman–Crippen MR) is 206 cm³/mol. The highest BCUT2D eigenvalue weighted by atomic mass is 32.2. The van der Waals surface area contributed by atoms with Gasteiger partial charge in [0.2, 0.25) is 11.8 Å². The van der Waals surface area contributed by atoms with Gasteiger partial charge in [-0.25, -0.2) is 28.2 Å². The van der Waals surface area contributed by atoms with E-state index >= 15 is 0 Å². The summed E-state index contributed by atoms with van der Waals surface area (Å²) < 4.78 is 64.2. The van der Waals surface area contributed by atoms with Crippen LogP contribution in [0.1, 0.15) is 45.7 Å². The van der Waals surface area contributed by atoms with E-state index in [1.165, 1.54) is 74.4 Å². The fourth-order valence-corrected chi connectivity index (χ4v) is 5.14. The highest BCUT2D eigenvalue weighted by molar-refractivity contribution is 7.98. The van der Waals surface area contributed by atoms with Gasteiger partial charge in [-0.2, -0.15) is 9.97 Å². The maximum atomic E-state index is 13.3. The number of benzene rings is 2. The van der Waals surface area contributed by atoms with Crippen LogP contribution in [0, 0.1) is 0 Å². The van der Waals surface area contributed by atoms with E-state index < -0.39 is 31.0 Å². The standard InChI is InChI=1S/C37H35BF2N4O10S2/c1-7-50-34(46)26-20-41-36(55-5)43-32(26)52-28-15-11-22(17-30(28)48-3)9-13-24(45)19-25(54-38(39)40)14-10-23-12-16-29(31(18-23)49-4)53-33-27(35(47)51-8-2)21-42-37(44-33)56-6/h9-21H,7-8H2,1-6H3/b13-9+,14-10+,25-19-. The average Bonchev–Trinajstić information content (AvgIpc) is 3.19. The van der Waals surface area contributed by atoms with E-state index in [1.54, 1.807) is 56.7 Å². The largest absolute Gasteiger partial charge is 0.796 e. The average molecular weight is 809 g/mol. The fraction of sp³-hybridized carbons (Fsp3) is 0.216. The number of ether oxygens (including phenoxy) is 6. The van der Waals surface area contributed by atoms with Gasteiger partial charge in [-0.05, 0) is 73.9 Å². The summed E-state index contributed by atoms with van der Waals surface area (Å²) in [7, 11) is -0.423. The molecule has 0 amide bonds. The lowest BCUT2D eigenvalue weighted by molar-refractivity contribution is -0.110. The molecule has 56 heavy (non-hydrogen) atoms. The molecule has 19 heteroatoms. The number of hydrogen-bond donors (Lipinski definition) is 0. The number of methoxy groups -OCH3 is 2. The Morgan fingerprint density at radius 3 is 1.59 bits per heavy atom. The summed E-state index contributed by atoms with van der Waals surface area (Å²) >= 11 is 2.50. The van der Waals surface area contributed by atoms with Crippen LogP contribution in [0.15, 0.2) is 83.1 Å². The van der Waals surface area contributed by atoms with Crippen molar-refractivity contribution in [3.8, 4) is 34.8 Å². The van der Waals surface area contributed by atoms with Crippen molar-refractivity contribution < 1.29 is 56.1 Å². The summed E-state index contributed by atoms with van der Waals surface area (Å²) in [5, 5.41) is 0.718. The van der Waals surface area contributed by atoms with Crippen LogP contribution in [0.4, 0.5) is 8.63 Å². The first-order chi connectivity index (χ1) is 27.0. The lowest BCUT2D eigenvalue weighted by Gasteiger charge is -2.13. The number of ketones is 1. The SMILES string of the molecule is CCOC(=O)c1cnc(SC)nc1Oc1ccc(/C=C/C(=O)/C=C(/C=C/c2ccc(Oc3nc(SC)ncc3C(=O)OCC)c(OC)c2)OB(F)F)cc1OC. The highest BCUT2D eigenvalue weighted by Gasteiger charge is 2.22. The Bertz CT molecular complexity index is 2140. The zero-order valence-electron chi connectivity index (χ0n) is 30.9. The summed E-state index contributed by atoms with van der Waals surface area (Å²) in [6, 6.07) is 9.36. The Kier molecular flexibility index (Phi) is 16.2.